The standard InChI is InChI=1S/C7H5Cl4NO/c1-13-6-2-4(7(9,10)11)5(8)3-12-6/h2-3H,1H3. The maximum atomic E-state index is 5.77. The van der Waals surface area contributed by atoms with E-state index < -0.39 is 3.79 Å². The third kappa shape index (κ3) is 2.78. The first-order chi connectivity index (χ1) is 5.95. The number of alkyl halides is 3. The van der Waals surface area contributed by atoms with Crippen molar-refractivity contribution in [3.63, 3.8) is 0 Å². The Morgan fingerprint density at radius 1 is 1.38 bits per heavy atom. The van der Waals surface area contributed by atoms with Crippen LogP contribution in [0.25, 0.3) is 0 Å². The van der Waals surface area contributed by atoms with E-state index in [4.69, 9.17) is 51.1 Å². The highest BCUT2D eigenvalue weighted by molar-refractivity contribution is 6.67. The largest absolute Gasteiger partial charge is 0.481 e. The Hall–Kier alpha value is 0.110. The fourth-order valence-corrected chi connectivity index (χ4v) is 1.61. The highest BCUT2D eigenvalue weighted by atomic mass is 35.6. The SMILES string of the molecule is COc1cc(C(Cl)(Cl)Cl)c(Cl)cn1. The van der Waals surface area contributed by atoms with Crippen molar-refractivity contribution in [3.8, 4) is 5.88 Å². The van der Waals surface area contributed by atoms with E-state index in [-0.39, 0.29) is 0 Å². The lowest BCUT2D eigenvalue weighted by Gasteiger charge is -2.13. The molecule has 72 valence electrons. The van der Waals surface area contributed by atoms with E-state index in [1.165, 1.54) is 19.4 Å². The molecule has 1 aromatic heterocycles. The number of pyridine rings is 1. The minimum absolute atomic E-state index is 0.292. The van der Waals surface area contributed by atoms with Crippen molar-refractivity contribution < 1.29 is 4.74 Å². The molecule has 1 rings (SSSR count). The molecule has 0 aromatic carbocycles. The minimum atomic E-state index is -1.56. The molecule has 0 N–H and O–H groups in total. The predicted molar refractivity (Wildman–Crippen MR) is 55.0 cm³/mol. The molecule has 2 nitrogen and oxygen atoms in total. The number of ether oxygens (including phenoxy) is 1. The highest BCUT2D eigenvalue weighted by Crippen LogP contribution is 2.42. The van der Waals surface area contributed by atoms with Crippen LogP contribution in [0.1, 0.15) is 5.56 Å². The Kier molecular flexibility index (Phi) is 3.52. The molecule has 0 saturated carbocycles. The van der Waals surface area contributed by atoms with Gasteiger partial charge in [0.1, 0.15) is 0 Å². The first kappa shape index (κ1) is 11.2. The number of hydrogen-bond donors (Lipinski definition) is 0. The molecule has 0 aliphatic rings. The van der Waals surface area contributed by atoms with Gasteiger partial charge in [-0.15, -0.1) is 0 Å². The third-order valence-electron chi connectivity index (χ3n) is 1.34. The zero-order valence-corrected chi connectivity index (χ0v) is 9.55. The van der Waals surface area contributed by atoms with E-state index in [9.17, 15) is 0 Å². The minimum Gasteiger partial charge on any atom is -0.481 e. The molecule has 0 radical (unpaired) electrons. The van der Waals surface area contributed by atoms with Crippen LogP contribution in [0.2, 0.25) is 5.02 Å². The van der Waals surface area contributed by atoms with Gasteiger partial charge in [-0.25, -0.2) is 4.98 Å². The first-order valence-electron chi connectivity index (χ1n) is 3.22. The maximum absolute atomic E-state index is 5.77. The van der Waals surface area contributed by atoms with Gasteiger partial charge in [-0.3, -0.25) is 0 Å². The first-order valence-corrected chi connectivity index (χ1v) is 4.73. The van der Waals surface area contributed by atoms with Gasteiger partial charge in [0.05, 0.1) is 12.1 Å². The van der Waals surface area contributed by atoms with Crippen molar-refractivity contribution in [2.45, 2.75) is 3.79 Å². The van der Waals surface area contributed by atoms with Gasteiger partial charge in [0.25, 0.3) is 0 Å². The molecule has 1 aromatic rings. The number of nitrogens with zero attached hydrogens (tertiary/aromatic N) is 1. The third-order valence-corrected chi connectivity index (χ3v) is 2.26. The summed E-state index contributed by atoms with van der Waals surface area (Å²) in [6.07, 6.45) is 1.37. The monoisotopic (exact) mass is 259 g/mol. The summed E-state index contributed by atoms with van der Waals surface area (Å²) in [5.41, 5.74) is 0.353. The summed E-state index contributed by atoms with van der Waals surface area (Å²) >= 11 is 22.7. The summed E-state index contributed by atoms with van der Waals surface area (Å²) in [5.74, 6) is 0.353. The van der Waals surface area contributed by atoms with Gasteiger partial charge in [-0.2, -0.15) is 0 Å². The molecule has 0 saturated heterocycles. The van der Waals surface area contributed by atoms with Crippen LogP contribution in [0.15, 0.2) is 12.3 Å². The van der Waals surface area contributed by atoms with Crippen molar-refractivity contribution in [1.82, 2.24) is 4.98 Å². The van der Waals surface area contributed by atoms with Crippen molar-refractivity contribution in [1.29, 1.82) is 0 Å². The normalized spacial score (nSPS) is 11.5. The zero-order chi connectivity index (χ0) is 10.1. The van der Waals surface area contributed by atoms with Gasteiger partial charge >= 0.3 is 0 Å². The quantitative estimate of drug-likeness (QED) is 0.721. The maximum Gasteiger partial charge on any atom is 0.217 e. The average molecular weight is 261 g/mol. The van der Waals surface area contributed by atoms with Gasteiger partial charge in [-0.1, -0.05) is 46.4 Å². The molecule has 0 amide bonds. The number of halogens is 4. The summed E-state index contributed by atoms with van der Waals surface area (Å²) in [7, 11) is 1.47. The Morgan fingerprint density at radius 3 is 2.46 bits per heavy atom. The molecule has 1 heterocycles. The van der Waals surface area contributed by atoms with Crippen molar-refractivity contribution in [3.05, 3.63) is 22.8 Å². The van der Waals surface area contributed by atoms with Crippen LogP contribution in [0, 0.1) is 0 Å². The van der Waals surface area contributed by atoms with Gasteiger partial charge < -0.3 is 4.74 Å². The molecule has 0 spiro atoms. The molecule has 0 aliphatic carbocycles. The van der Waals surface area contributed by atoms with Crippen LogP contribution in [-0.2, 0) is 3.79 Å². The molecule has 0 fully saturated rings. The topological polar surface area (TPSA) is 22.1 Å². The van der Waals surface area contributed by atoms with Crippen LogP contribution >= 0.6 is 46.4 Å². The molecule has 0 bridgehead atoms. The predicted octanol–water partition coefficient (Wildman–Crippen LogP) is 3.57. The number of rotatable bonds is 1. The Morgan fingerprint density at radius 2 is 2.00 bits per heavy atom. The van der Waals surface area contributed by atoms with Crippen LogP contribution in [0.5, 0.6) is 5.88 Å². The molecular formula is C7H5Cl4NO. The van der Waals surface area contributed by atoms with Crippen LogP contribution in [-0.4, -0.2) is 12.1 Å². The molecule has 0 atom stereocenters. The second-order valence-electron chi connectivity index (χ2n) is 2.20. The van der Waals surface area contributed by atoms with Crippen LogP contribution < -0.4 is 4.74 Å². The number of methoxy groups -OCH3 is 1. The second kappa shape index (κ2) is 4.09. The lowest BCUT2D eigenvalue weighted by Crippen LogP contribution is -2.02. The average Bonchev–Trinajstić information content (AvgIpc) is 2.03. The lowest BCUT2D eigenvalue weighted by molar-refractivity contribution is 0.397. The summed E-state index contributed by atoms with van der Waals surface area (Å²) < 4.78 is 3.30. The molecule has 0 aliphatic heterocycles. The van der Waals surface area contributed by atoms with Gasteiger partial charge in [0.2, 0.25) is 9.67 Å². The summed E-state index contributed by atoms with van der Waals surface area (Å²) in [4.78, 5) is 3.84. The van der Waals surface area contributed by atoms with E-state index in [1.807, 2.05) is 0 Å². The van der Waals surface area contributed by atoms with Gasteiger partial charge in [-0.05, 0) is 0 Å². The van der Waals surface area contributed by atoms with Gasteiger partial charge in [0, 0.05) is 17.8 Å². The van der Waals surface area contributed by atoms with E-state index in [2.05, 4.69) is 4.98 Å². The summed E-state index contributed by atoms with van der Waals surface area (Å²) in [6, 6.07) is 1.48. The van der Waals surface area contributed by atoms with Crippen LogP contribution in [0.3, 0.4) is 0 Å². The Balaban J connectivity index is 3.19. The van der Waals surface area contributed by atoms with Gasteiger partial charge in [0.15, 0.2) is 0 Å². The van der Waals surface area contributed by atoms with E-state index in [0.29, 0.717) is 16.5 Å². The van der Waals surface area contributed by atoms with E-state index in [0.717, 1.165) is 0 Å². The molecule has 6 heteroatoms. The number of hydrogen-bond acceptors (Lipinski definition) is 2. The smallest absolute Gasteiger partial charge is 0.217 e. The molecule has 13 heavy (non-hydrogen) atoms. The summed E-state index contributed by atoms with van der Waals surface area (Å²) in [6.45, 7) is 0. The van der Waals surface area contributed by atoms with Crippen molar-refractivity contribution >= 4 is 46.4 Å². The number of aromatic nitrogens is 1. The fraction of sp³-hybridized carbons (Fsp3) is 0.286. The lowest BCUT2D eigenvalue weighted by atomic mass is 10.3. The van der Waals surface area contributed by atoms with E-state index >= 15 is 0 Å². The summed E-state index contributed by atoms with van der Waals surface area (Å²) in [5, 5.41) is 0.292. The molecule has 0 unspecified atom stereocenters. The Labute approximate surface area is 95.7 Å². The fourth-order valence-electron chi connectivity index (χ4n) is 0.748. The van der Waals surface area contributed by atoms with E-state index in [1.54, 1.807) is 0 Å². The molecular weight excluding hydrogens is 256 g/mol. The zero-order valence-electron chi connectivity index (χ0n) is 6.52. The van der Waals surface area contributed by atoms with Crippen molar-refractivity contribution in [2.75, 3.05) is 7.11 Å². The highest BCUT2D eigenvalue weighted by Gasteiger charge is 2.26. The van der Waals surface area contributed by atoms with Crippen molar-refractivity contribution in [2.24, 2.45) is 0 Å². The second-order valence-corrected chi connectivity index (χ2v) is 4.89. The van der Waals surface area contributed by atoms with Crippen LogP contribution in [0.4, 0.5) is 0 Å². The Bertz CT molecular complexity index is 310.